The molecule has 0 unspecified atom stereocenters. The van der Waals surface area contributed by atoms with Crippen molar-refractivity contribution in [3.05, 3.63) is 119 Å². The van der Waals surface area contributed by atoms with Crippen molar-refractivity contribution in [1.29, 1.82) is 0 Å². The van der Waals surface area contributed by atoms with Gasteiger partial charge in [-0.05, 0) is 54.8 Å². The number of ketones is 1. The highest BCUT2D eigenvalue weighted by Crippen LogP contribution is 2.64. The van der Waals surface area contributed by atoms with E-state index in [0.29, 0.717) is 5.56 Å². The number of carbonyl (C=O) groups excluding carboxylic acids is 6. The van der Waals surface area contributed by atoms with Crippen molar-refractivity contribution in [3.8, 4) is 0 Å². The Balaban J connectivity index is 1.37. The Morgan fingerprint density at radius 3 is 2.03 bits per heavy atom. The first kappa shape index (κ1) is 45.6. The molecule has 334 valence electrons. The number of carbonyl (C=O) groups is 6. The highest BCUT2D eigenvalue weighted by molar-refractivity contribution is 6.26. The quantitative estimate of drug-likeness (QED) is 0.0928. The third-order valence-electron chi connectivity index (χ3n) is 13.6. The van der Waals surface area contributed by atoms with E-state index < -0.39 is 118 Å². The second-order valence-electron chi connectivity index (χ2n) is 17.4. The molecular formula is C47H50ClNO14. The second kappa shape index (κ2) is 17.3. The van der Waals surface area contributed by atoms with Crippen LogP contribution in [0.4, 0.5) is 0 Å². The van der Waals surface area contributed by atoms with Crippen LogP contribution in [0.25, 0.3) is 0 Å². The molecule has 0 aromatic heterocycles. The maximum Gasteiger partial charge on any atom is 0.338 e. The summed E-state index contributed by atoms with van der Waals surface area (Å²) in [5.74, 6) is -7.65. The Bertz CT molecular complexity index is 2310. The van der Waals surface area contributed by atoms with Crippen molar-refractivity contribution >= 4 is 47.2 Å². The minimum absolute atomic E-state index is 0.0521. The lowest BCUT2D eigenvalue weighted by molar-refractivity contribution is -0.346. The number of ether oxygens (including phenoxy) is 5. The van der Waals surface area contributed by atoms with Gasteiger partial charge in [-0.25, -0.2) is 9.59 Å². The van der Waals surface area contributed by atoms with Gasteiger partial charge in [0, 0.05) is 30.7 Å². The van der Waals surface area contributed by atoms with E-state index in [1.54, 1.807) is 78.9 Å². The van der Waals surface area contributed by atoms with Gasteiger partial charge in [-0.2, -0.15) is 0 Å². The molecule has 15 nitrogen and oxygen atoms in total. The molecule has 16 heteroatoms. The first-order chi connectivity index (χ1) is 29.8. The molecule has 3 aliphatic carbocycles. The predicted octanol–water partition coefficient (Wildman–Crippen LogP) is 3.95. The van der Waals surface area contributed by atoms with E-state index in [0.717, 1.165) is 6.92 Å². The molecule has 1 aliphatic heterocycles. The lowest BCUT2D eigenvalue weighted by atomic mass is 9.44. The number of aliphatic hydroxyl groups excluding tert-OH is 2. The number of alkyl halides is 1. The number of Topliss-reactive ketones (excluding diaryl/α,β-unsaturated/α-hetero) is 1. The van der Waals surface area contributed by atoms with Gasteiger partial charge < -0.3 is 44.3 Å². The largest absolute Gasteiger partial charge is 0.460 e. The van der Waals surface area contributed by atoms with Gasteiger partial charge in [0.05, 0.1) is 29.5 Å². The van der Waals surface area contributed by atoms with E-state index in [2.05, 4.69) is 5.32 Å². The number of hydrogen-bond donors (Lipinski definition) is 4. The summed E-state index contributed by atoms with van der Waals surface area (Å²) in [4.78, 5) is 83.4. The normalized spacial score (nSPS) is 31.5. The van der Waals surface area contributed by atoms with Crippen molar-refractivity contribution in [3.63, 3.8) is 0 Å². The van der Waals surface area contributed by atoms with E-state index in [1.807, 2.05) is 0 Å². The first-order valence-electron chi connectivity index (χ1n) is 20.6. The van der Waals surface area contributed by atoms with Gasteiger partial charge in [0.2, 0.25) is 0 Å². The molecule has 1 heterocycles. The summed E-state index contributed by atoms with van der Waals surface area (Å²) < 4.78 is 30.3. The standard InChI is InChI=1S/C47H50ClNO14/c1-25-30(60-43(57)37(53)35(27-15-9-6-10-16-27)49-41(55)28-17-11-7-12-18-28)22-47(58)40(62-42(56)29-19-13-8-14-20-29)38-45(5,39(54)36(52)34(25)44(47,3)4)31(61-33(51)23-48)21-32-46(38,24-59-32)63-26(2)50/h6-20,30-32,35-38,40,52-53,58H,21-24H2,1-5H3,(H,49,55)/t30-,31-,32+,35-,36+,37+,38-,40-,45+,46-,47+/m0/s1. The minimum atomic E-state index is -2.41. The van der Waals surface area contributed by atoms with Crippen molar-refractivity contribution < 1.29 is 67.8 Å². The van der Waals surface area contributed by atoms with Crippen LogP contribution >= 0.6 is 11.6 Å². The van der Waals surface area contributed by atoms with Crippen molar-refractivity contribution in [1.82, 2.24) is 5.32 Å². The van der Waals surface area contributed by atoms with Crippen LogP contribution in [0.15, 0.2) is 102 Å². The zero-order valence-electron chi connectivity index (χ0n) is 35.3. The average Bonchev–Trinajstić information content (AvgIpc) is 3.26. The Kier molecular flexibility index (Phi) is 12.5. The molecule has 2 bridgehead atoms. The molecule has 1 amide bonds. The summed E-state index contributed by atoms with van der Waals surface area (Å²) >= 11 is 5.89. The summed E-state index contributed by atoms with van der Waals surface area (Å²) in [5, 5.41) is 40.6. The van der Waals surface area contributed by atoms with E-state index in [9.17, 15) is 39.3 Å². The lowest BCUT2D eigenvalue weighted by Gasteiger charge is -2.67. The fourth-order valence-corrected chi connectivity index (χ4v) is 10.3. The zero-order valence-corrected chi connectivity index (χ0v) is 36.1. The van der Waals surface area contributed by atoms with Crippen LogP contribution in [-0.2, 0) is 42.9 Å². The monoisotopic (exact) mass is 887 g/mol. The van der Waals surface area contributed by atoms with Crippen LogP contribution in [0.1, 0.15) is 79.8 Å². The van der Waals surface area contributed by atoms with E-state index in [4.69, 9.17) is 35.3 Å². The fourth-order valence-electron chi connectivity index (χ4n) is 10.3. The van der Waals surface area contributed by atoms with Crippen LogP contribution in [-0.4, -0.2) is 111 Å². The molecule has 3 aromatic carbocycles. The molecule has 1 saturated heterocycles. The molecule has 11 atom stereocenters. The molecule has 7 rings (SSSR count). The molecule has 4 N–H and O–H groups in total. The van der Waals surface area contributed by atoms with E-state index in [-0.39, 0.29) is 35.3 Å². The number of aliphatic hydroxyl groups is 3. The summed E-state index contributed by atoms with van der Waals surface area (Å²) in [5.41, 5.74) is -7.28. The van der Waals surface area contributed by atoms with Gasteiger partial charge in [-0.1, -0.05) is 80.6 Å². The fraction of sp³-hybridized carbons (Fsp3) is 0.447. The molecule has 3 fully saturated rings. The zero-order chi connectivity index (χ0) is 45.6. The van der Waals surface area contributed by atoms with Crippen LogP contribution < -0.4 is 5.32 Å². The average molecular weight is 888 g/mol. The SMILES string of the molecule is CC(=O)O[C@@]12CO[C@@H]1C[C@H](OC(=O)CCl)[C@@]1(C)C(=O)[C@H](O)C3=C(C)[C@@H](OC(=O)[C@H](O)[C@@H](NC(=O)c4ccccc4)c4ccccc4)C[C@@](O)([C@@H](OC(=O)c4ccccc4)[C@H]21)C3(C)C. The number of fused-ring (bicyclic) bond motifs is 5. The maximum absolute atomic E-state index is 15.4. The number of halogens is 1. The van der Waals surface area contributed by atoms with Gasteiger partial charge in [0.15, 0.2) is 17.5 Å². The molecule has 0 spiro atoms. The predicted molar refractivity (Wildman–Crippen MR) is 223 cm³/mol. The highest BCUT2D eigenvalue weighted by atomic mass is 35.5. The highest BCUT2D eigenvalue weighted by Gasteiger charge is 2.78. The van der Waals surface area contributed by atoms with Crippen LogP contribution in [0.5, 0.6) is 0 Å². The number of benzene rings is 3. The third kappa shape index (κ3) is 7.73. The van der Waals surface area contributed by atoms with Gasteiger partial charge in [-0.3, -0.25) is 19.2 Å². The summed E-state index contributed by atoms with van der Waals surface area (Å²) in [6.07, 6.45) is -10.7. The third-order valence-corrected chi connectivity index (χ3v) is 13.8. The van der Waals surface area contributed by atoms with Crippen LogP contribution in [0, 0.1) is 16.7 Å². The number of esters is 4. The number of nitrogens with one attached hydrogen (secondary N) is 1. The Morgan fingerprint density at radius 1 is 0.889 bits per heavy atom. The number of amides is 1. The molecule has 63 heavy (non-hydrogen) atoms. The smallest absolute Gasteiger partial charge is 0.338 e. The molecule has 2 saturated carbocycles. The topological polar surface area (TPSA) is 221 Å². The lowest BCUT2D eigenvalue weighted by Crippen LogP contribution is -2.82. The molecule has 3 aromatic rings. The molecular weight excluding hydrogens is 838 g/mol. The molecule has 4 aliphatic rings. The Morgan fingerprint density at radius 2 is 1.48 bits per heavy atom. The van der Waals surface area contributed by atoms with Gasteiger partial charge in [0.25, 0.3) is 5.91 Å². The van der Waals surface area contributed by atoms with Crippen molar-refractivity contribution in [2.75, 3.05) is 12.5 Å². The van der Waals surface area contributed by atoms with Crippen molar-refractivity contribution in [2.45, 2.75) is 101 Å². The van der Waals surface area contributed by atoms with Crippen molar-refractivity contribution in [2.24, 2.45) is 16.7 Å². The van der Waals surface area contributed by atoms with E-state index >= 15 is 4.79 Å². The molecule has 0 radical (unpaired) electrons. The van der Waals surface area contributed by atoms with Gasteiger partial charge >= 0.3 is 23.9 Å². The van der Waals surface area contributed by atoms with Gasteiger partial charge in [0.1, 0.15) is 42.0 Å². The van der Waals surface area contributed by atoms with Gasteiger partial charge in [-0.15, -0.1) is 11.6 Å². The van der Waals surface area contributed by atoms with Crippen LogP contribution in [0.2, 0.25) is 0 Å². The summed E-state index contributed by atoms with van der Waals surface area (Å²) in [7, 11) is 0. The Hall–Kier alpha value is -5.45. The Labute approximate surface area is 368 Å². The number of hydrogen-bond acceptors (Lipinski definition) is 14. The van der Waals surface area contributed by atoms with Crippen LogP contribution in [0.3, 0.4) is 0 Å². The minimum Gasteiger partial charge on any atom is -0.460 e. The first-order valence-corrected chi connectivity index (χ1v) is 21.1. The number of rotatable bonds is 11. The summed E-state index contributed by atoms with van der Waals surface area (Å²) in [6.45, 7) is 6.76. The summed E-state index contributed by atoms with van der Waals surface area (Å²) in [6, 6.07) is 22.9. The maximum atomic E-state index is 15.4. The van der Waals surface area contributed by atoms with E-state index in [1.165, 1.54) is 39.8 Å². The second-order valence-corrected chi connectivity index (χ2v) is 17.6.